The zero-order chi connectivity index (χ0) is 14.0. The third kappa shape index (κ3) is 3.13. The quantitative estimate of drug-likeness (QED) is 0.877. The van der Waals surface area contributed by atoms with Crippen molar-refractivity contribution in [3.05, 3.63) is 17.5 Å². The normalized spacial score (nSPS) is 18.1. The van der Waals surface area contributed by atoms with Crippen LogP contribution in [0.2, 0.25) is 0 Å². The number of carbonyl (C=O) groups is 1. The highest BCUT2D eigenvalue weighted by Gasteiger charge is 2.22. The molecule has 19 heavy (non-hydrogen) atoms. The van der Waals surface area contributed by atoms with Crippen LogP contribution >= 0.6 is 0 Å². The first kappa shape index (κ1) is 14.0. The molecule has 0 aromatic carbocycles. The zero-order valence-corrected chi connectivity index (χ0v) is 11.8. The lowest BCUT2D eigenvalue weighted by Gasteiger charge is -2.32. The number of nitrogens with zero attached hydrogens (tertiary/aromatic N) is 4. The molecular formula is C13H22N4O2. The fourth-order valence-electron chi connectivity index (χ4n) is 2.39. The predicted octanol–water partition coefficient (Wildman–Crippen LogP) is 0.910. The number of likely N-dealkylation sites (N-methyl/N-ethyl adjacent to an activating group) is 1. The van der Waals surface area contributed by atoms with Crippen molar-refractivity contribution in [3.8, 4) is 0 Å². The molecule has 0 radical (unpaired) electrons. The molecule has 1 aromatic rings. The van der Waals surface area contributed by atoms with Crippen molar-refractivity contribution in [3.63, 3.8) is 0 Å². The lowest BCUT2D eigenvalue weighted by atomic mass is 10.2. The first-order valence-corrected chi connectivity index (χ1v) is 6.69. The van der Waals surface area contributed by atoms with Crippen molar-refractivity contribution < 1.29 is 9.90 Å². The van der Waals surface area contributed by atoms with E-state index in [1.165, 1.54) is 6.20 Å². The van der Waals surface area contributed by atoms with Crippen LogP contribution in [0.3, 0.4) is 0 Å². The van der Waals surface area contributed by atoms with E-state index >= 15 is 0 Å². The summed E-state index contributed by atoms with van der Waals surface area (Å²) in [6.07, 6.45) is 1.47. The van der Waals surface area contributed by atoms with E-state index in [4.69, 9.17) is 0 Å². The lowest BCUT2D eigenvalue weighted by molar-refractivity contribution is 0.0692. The predicted molar refractivity (Wildman–Crippen MR) is 72.3 cm³/mol. The molecule has 0 amide bonds. The van der Waals surface area contributed by atoms with E-state index in [2.05, 4.69) is 21.9 Å². The second-order valence-electron chi connectivity index (χ2n) is 5.43. The fourth-order valence-corrected chi connectivity index (χ4v) is 2.39. The average molecular weight is 266 g/mol. The molecule has 0 bridgehead atoms. The largest absolute Gasteiger partial charge is 0.478 e. The van der Waals surface area contributed by atoms with Gasteiger partial charge in [0.25, 0.3) is 0 Å². The molecule has 1 saturated heterocycles. The maximum absolute atomic E-state index is 11.3. The van der Waals surface area contributed by atoms with Gasteiger partial charge in [-0.15, -0.1) is 0 Å². The molecule has 1 aliphatic rings. The standard InChI is InChI=1S/C13H22N4O2/c1-10(2)17-12(11(8-14-17)13(18)19)9-16-6-4-15(3)5-7-16/h8,10H,4-7,9H2,1-3H3,(H,18,19). The van der Waals surface area contributed by atoms with Gasteiger partial charge in [0, 0.05) is 38.8 Å². The monoisotopic (exact) mass is 266 g/mol. The summed E-state index contributed by atoms with van der Waals surface area (Å²) in [4.78, 5) is 15.9. The van der Waals surface area contributed by atoms with E-state index in [0.29, 0.717) is 12.1 Å². The Morgan fingerprint density at radius 2 is 2.00 bits per heavy atom. The number of hydrogen-bond acceptors (Lipinski definition) is 4. The number of hydrogen-bond donors (Lipinski definition) is 1. The second kappa shape index (κ2) is 5.71. The third-order valence-electron chi connectivity index (χ3n) is 3.59. The van der Waals surface area contributed by atoms with Gasteiger partial charge in [-0.25, -0.2) is 4.79 Å². The Bertz CT molecular complexity index is 447. The Hall–Kier alpha value is -1.40. The Morgan fingerprint density at radius 1 is 1.37 bits per heavy atom. The van der Waals surface area contributed by atoms with E-state index in [-0.39, 0.29) is 6.04 Å². The van der Waals surface area contributed by atoms with Gasteiger partial charge in [-0.2, -0.15) is 5.10 Å². The highest BCUT2D eigenvalue weighted by Crippen LogP contribution is 2.17. The Labute approximate surface area is 113 Å². The van der Waals surface area contributed by atoms with E-state index in [1.54, 1.807) is 0 Å². The minimum atomic E-state index is -0.893. The van der Waals surface area contributed by atoms with Gasteiger partial charge in [0.15, 0.2) is 0 Å². The van der Waals surface area contributed by atoms with Crippen molar-refractivity contribution in [1.29, 1.82) is 0 Å². The maximum atomic E-state index is 11.3. The third-order valence-corrected chi connectivity index (χ3v) is 3.59. The van der Waals surface area contributed by atoms with Gasteiger partial charge in [-0.1, -0.05) is 0 Å². The minimum Gasteiger partial charge on any atom is -0.478 e. The van der Waals surface area contributed by atoms with Crippen molar-refractivity contribution >= 4 is 5.97 Å². The number of aromatic nitrogens is 2. The van der Waals surface area contributed by atoms with Crippen molar-refractivity contribution in [2.45, 2.75) is 26.4 Å². The molecule has 2 rings (SSSR count). The summed E-state index contributed by atoms with van der Waals surface area (Å²) in [5, 5.41) is 13.5. The molecule has 0 saturated carbocycles. The van der Waals surface area contributed by atoms with Gasteiger partial charge in [0.05, 0.1) is 11.9 Å². The molecule has 6 heteroatoms. The summed E-state index contributed by atoms with van der Waals surface area (Å²) in [5.74, 6) is -0.893. The number of carboxylic acid groups (broad SMARTS) is 1. The van der Waals surface area contributed by atoms with Crippen molar-refractivity contribution in [1.82, 2.24) is 19.6 Å². The molecule has 106 valence electrons. The van der Waals surface area contributed by atoms with Crippen molar-refractivity contribution in [2.24, 2.45) is 0 Å². The average Bonchev–Trinajstić information content (AvgIpc) is 2.76. The van der Waals surface area contributed by atoms with Crippen LogP contribution in [0, 0.1) is 0 Å². The van der Waals surface area contributed by atoms with Crippen LogP contribution < -0.4 is 0 Å². The summed E-state index contributed by atoms with van der Waals surface area (Å²) in [6, 6.07) is 0.176. The molecule has 1 fully saturated rings. The molecule has 1 aromatic heterocycles. The van der Waals surface area contributed by atoms with Gasteiger partial charge >= 0.3 is 5.97 Å². The summed E-state index contributed by atoms with van der Waals surface area (Å²) in [7, 11) is 2.11. The summed E-state index contributed by atoms with van der Waals surface area (Å²) in [5.41, 5.74) is 1.14. The Balaban J connectivity index is 2.17. The first-order valence-electron chi connectivity index (χ1n) is 6.69. The molecule has 0 spiro atoms. The highest BCUT2D eigenvalue weighted by atomic mass is 16.4. The van der Waals surface area contributed by atoms with Crippen LogP contribution in [0.1, 0.15) is 35.9 Å². The number of rotatable bonds is 4. The van der Waals surface area contributed by atoms with Gasteiger partial charge in [0.2, 0.25) is 0 Å². The van der Waals surface area contributed by atoms with Crippen LogP contribution in [-0.4, -0.2) is 63.9 Å². The van der Waals surface area contributed by atoms with Gasteiger partial charge in [-0.05, 0) is 20.9 Å². The zero-order valence-electron chi connectivity index (χ0n) is 11.8. The van der Waals surface area contributed by atoms with Crippen LogP contribution in [0.25, 0.3) is 0 Å². The van der Waals surface area contributed by atoms with Gasteiger partial charge in [0.1, 0.15) is 5.56 Å². The molecule has 1 N–H and O–H groups in total. The minimum absolute atomic E-state index is 0.176. The van der Waals surface area contributed by atoms with Gasteiger partial charge in [-0.3, -0.25) is 9.58 Å². The molecule has 0 unspecified atom stereocenters. The lowest BCUT2D eigenvalue weighted by Crippen LogP contribution is -2.44. The molecule has 1 aliphatic heterocycles. The first-order chi connectivity index (χ1) is 8.99. The van der Waals surface area contributed by atoms with E-state index in [1.807, 2.05) is 18.5 Å². The Morgan fingerprint density at radius 3 is 2.53 bits per heavy atom. The maximum Gasteiger partial charge on any atom is 0.339 e. The topological polar surface area (TPSA) is 61.6 Å². The molecule has 2 heterocycles. The smallest absolute Gasteiger partial charge is 0.339 e. The Kier molecular flexibility index (Phi) is 4.21. The number of aromatic carboxylic acids is 1. The summed E-state index contributed by atoms with van der Waals surface area (Å²) >= 11 is 0. The molecular weight excluding hydrogens is 244 g/mol. The van der Waals surface area contributed by atoms with Gasteiger partial charge < -0.3 is 10.0 Å². The van der Waals surface area contributed by atoms with E-state index < -0.39 is 5.97 Å². The van der Waals surface area contributed by atoms with E-state index in [0.717, 1.165) is 31.9 Å². The number of carboxylic acids is 1. The number of piperazine rings is 1. The second-order valence-corrected chi connectivity index (χ2v) is 5.43. The fraction of sp³-hybridized carbons (Fsp3) is 0.692. The molecule has 6 nitrogen and oxygen atoms in total. The summed E-state index contributed by atoms with van der Waals surface area (Å²) < 4.78 is 1.82. The van der Waals surface area contributed by atoms with Crippen LogP contribution in [0.15, 0.2) is 6.20 Å². The highest BCUT2D eigenvalue weighted by molar-refractivity contribution is 5.88. The van der Waals surface area contributed by atoms with Crippen molar-refractivity contribution in [2.75, 3.05) is 33.2 Å². The van der Waals surface area contributed by atoms with Crippen LogP contribution in [0.4, 0.5) is 0 Å². The molecule has 0 atom stereocenters. The van der Waals surface area contributed by atoms with Crippen LogP contribution in [0.5, 0.6) is 0 Å². The van der Waals surface area contributed by atoms with Crippen LogP contribution in [-0.2, 0) is 6.54 Å². The molecule has 0 aliphatic carbocycles. The summed E-state index contributed by atoms with van der Waals surface area (Å²) in [6.45, 7) is 8.69. The SMILES string of the molecule is CC(C)n1ncc(C(=O)O)c1CN1CCN(C)CC1. The van der Waals surface area contributed by atoms with E-state index in [9.17, 15) is 9.90 Å².